The van der Waals surface area contributed by atoms with Crippen LogP contribution in [0.15, 0.2) is 90.1 Å². The zero-order valence-electron chi connectivity index (χ0n) is 24.5. The van der Waals surface area contributed by atoms with Crippen LogP contribution in [0.3, 0.4) is 0 Å². The number of carbonyl (C=O) groups excluding carboxylic acids is 1. The molecule has 6 rings (SSSR count). The van der Waals surface area contributed by atoms with E-state index in [1.807, 2.05) is 54.6 Å². The van der Waals surface area contributed by atoms with Crippen LogP contribution in [-0.2, 0) is 12.3 Å². The minimum atomic E-state index is -0.0102. The second-order valence-corrected chi connectivity index (χ2v) is 13.0. The summed E-state index contributed by atoms with van der Waals surface area (Å²) in [5, 5.41) is 5.07. The molecule has 7 nitrogen and oxygen atoms in total. The fourth-order valence-electron chi connectivity index (χ4n) is 5.72. The number of nitrogens with one attached hydrogen (secondary N) is 1. The molecule has 4 aromatic rings. The second-order valence-electron chi connectivity index (χ2n) is 11.3. The number of thioether (sulfide) groups is 1. The van der Waals surface area contributed by atoms with E-state index in [9.17, 15) is 4.79 Å². The van der Waals surface area contributed by atoms with Crippen molar-refractivity contribution in [1.82, 2.24) is 20.2 Å². The molecule has 2 fully saturated rings. The molecule has 44 heavy (non-hydrogen) atoms. The Morgan fingerprint density at radius 1 is 0.795 bits per heavy atom. The quantitative estimate of drug-likeness (QED) is 0.122. The number of amides is 1. The minimum Gasteiger partial charge on any atom is -0.368 e. The highest BCUT2D eigenvalue weighted by Gasteiger charge is 2.22. The van der Waals surface area contributed by atoms with E-state index in [1.165, 1.54) is 5.56 Å². The number of carbonyl (C=O) groups is 1. The predicted octanol–water partition coefficient (Wildman–Crippen LogP) is 6.80. The van der Waals surface area contributed by atoms with Crippen molar-refractivity contribution in [2.75, 3.05) is 49.1 Å². The average molecular weight is 648 g/mol. The first-order valence-electron chi connectivity index (χ1n) is 15.1. The second kappa shape index (κ2) is 14.7. The van der Waals surface area contributed by atoms with Crippen molar-refractivity contribution in [3.05, 3.63) is 112 Å². The van der Waals surface area contributed by atoms with E-state index in [4.69, 9.17) is 28.2 Å². The smallest absolute Gasteiger partial charge is 0.251 e. The molecule has 0 unspecified atom stereocenters. The number of anilines is 2. The van der Waals surface area contributed by atoms with Crippen LogP contribution in [0.25, 0.3) is 0 Å². The Labute approximate surface area is 273 Å². The molecule has 0 saturated carbocycles. The van der Waals surface area contributed by atoms with E-state index in [0.717, 1.165) is 80.7 Å². The number of hydrogen-bond acceptors (Lipinski definition) is 7. The van der Waals surface area contributed by atoms with Gasteiger partial charge in [-0.2, -0.15) is 0 Å². The van der Waals surface area contributed by atoms with E-state index >= 15 is 0 Å². The molecule has 0 bridgehead atoms. The van der Waals surface area contributed by atoms with Gasteiger partial charge in [-0.25, -0.2) is 9.97 Å². The minimum absolute atomic E-state index is 0.0102. The molecule has 1 amide bonds. The lowest BCUT2D eigenvalue weighted by Crippen LogP contribution is -2.46. The number of aromatic nitrogens is 2. The third-order valence-electron chi connectivity index (χ3n) is 8.19. The summed E-state index contributed by atoms with van der Waals surface area (Å²) >= 11 is 14.1. The molecule has 3 aromatic carbocycles. The Kier molecular flexibility index (Phi) is 10.2. The fraction of sp³-hybridized carbons (Fsp3) is 0.324. The maximum atomic E-state index is 12.9. The molecule has 3 heterocycles. The number of piperazine rings is 1. The Balaban J connectivity index is 0.969. The first kappa shape index (κ1) is 30.7. The SMILES string of the molecule is O=C(NC1CCN(Cc2ccccc2)CC1)c1ccc(CSc2nc(Cl)cc(N3CCN(c4cccc(Cl)c4)CC3)n2)cc1. The van der Waals surface area contributed by atoms with Gasteiger partial charge >= 0.3 is 0 Å². The zero-order chi connectivity index (χ0) is 30.3. The molecule has 0 spiro atoms. The van der Waals surface area contributed by atoms with E-state index in [-0.39, 0.29) is 11.9 Å². The van der Waals surface area contributed by atoms with Crippen LogP contribution in [0, 0.1) is 0 Å². The molecule has 2 aliphatic heterocycles. The number of halogens is 2. The molecule has 1 N–H and O–H groups in total. The first-order valence-corrected chi connectivity index (χ1v) is 16.8. The van der Waals surface area contributed by atoms with E-state index < -0.39 is 0 Å². The van der Waals surface area contributed by atoms with Gasteiger partial charge in [-0.05, 0) is 54.3 Å². The highest BCUT2D eigenvalue weighted by molar-refractivity contribution is 7.98. The summed E-state index contributed by atoms with van der Waals surface area (Å²) in [6.07, 6.45) is 1.93. The number of rotatable bonds is 9. The zero-order valence-corrected chi connectivity index (χ0v) is 26.9. The van der Waals surface area contributed by atoms with Crippen molar-refractivity contribution in [3.8, 4) is 0 Å². The maximum absolute atomic E-state index is 12.9. The Morgan fingerprint density at radius 3 is 2.25 bits per heavy atom. The van der Waals surface area contributed by atoms with Gasteiger partial charge in [0.05, 0.1) is 0 Å². The van der Waals surface area contributed by atoms with Crippen molar-refractivity contribution in [3.63, 3.8) is 0 Å². The van der Waals surface area contributed by atoms with Gasteiger partial charge in [0.1, 0.15) is 11.0 Å². The van der Waals surface area contributed by atoms with Gasteiger partial charge in [0, 0.05) is 79.9 Å². The van der Waals surface area contributed by atoms with Crippen LogP contribution in [0.4, 0.5) is 11.5 Å². The highest BCUT2D eigenvalue weighted by Crippen LogP contribution is 2.27. The Morgan fingerprint density at radius 2 is 1.52 bits per heavy atom. The van der Waals surface area contributed by atoms with Crippen LogP contribution in [-0.4, -0.2) is 66.1 Å². The van der Waals surface area contributed by atoms with Gasteiger partial charge in [-0.1, -0.05) is 83.5 Å². The Bertz CT molecular complexity index is 1540. The summed E-state index contributed by atoms with van der Waals surface area (Å²) < 4.78 is 0. The van der Waals surface area contributed by atoms with E-state index in [0.29, 0.717) is 21.6 Å². The maximum Gasteiger partial charge on any atom is 0.251 e. The molecular weight excluding hydrogens is 611 g/mol. The van der Waals surface area contributed by atoms with Crippen molar-refractivity contribution >= 4 is 52.4 Å². The van der Waals surface area contributed by atoms with Crippen molar-refractivity contribution in [2.45, 2.75) is 36.3 Å². The lowest BCUT2D eigenvalue weighted by Gasteiger charge is -2.36. The molecule has 228 valence electrons. The number of piperidine rings is 1. The summed E-state index contributed by atoms with van der Waals surface area (Å²) in [7, 11) is 0. The molecule has 2 aliphatic rings. The van der Waals surface area contributed by atoms with E-state index in [1.54, 1.807) is 11.8 Å². The summed E-state index contributed by atoms with van der Waals surface area (Å²) in [4.78, 5) is 29.2. The molecule has 0 radical (unpaired) electrons. The third kappa shape index (κ3) is 8.24. The predicted molar refractivity (Wildman–Crippen MR) is 181 cm³/mol. The number of hydrogen-bond donors (Lipinski definition) is 1. The monoisotopic (exact) mass is 646 g/mol. The summed E-state index contributed by atoms with van der Waals surface area (Å²) in [6.45, 7) is 6.35. The van der Waals surface area contributed by atoms with Gasteiger partial charge in [0.2, 0.25) is 0 Å². The fourth-order valence-corrected chi connectivity index (χ4v) is 6.95. The lowest BCUT2D eigenvalue weighted by atomic mass is 10.0. The van der Waals surface area contributed by atoms with Crippen LogP contribution in [0.2, 0.25) is 10.2 Å². The van der Waals surface area contributed by atoms with Crippen LogP contribution < -0.4 is 15.1 Å². The van der Waals surface area contributed by atoms with Crippen LogP contribution in [0.5, 0.6) is 0 Å². The van der Waals surface area contributed by atoms with Crippen LogP contribution >= 0.6 is 35.0 Å². The highest BCUT2D eigenvalue weighted by atomic mass is 35.5. The summed E-state index contributed by atoms with van der Waals surface area (Å²) in [5.74, 6) is 1.52. The van der Waals surface area contributed by atoms with Crippen molar-refractivity contribution < 1.29 is 4.79 Å². The molecule has 0 atom stereocenters. The summed E-state index contributed by atoms with van der Waals surface area (Å²) in [6, 6.07) is 28.4. The first-order chi connectivity index (χ1) is 21.5. The molecule has 10 heteroatoms. The van der Waals surface area contributed by atoms with Gasteiger partial charge in [-0.3, -0.25) is 9.69 Å². The standard InChI is InChI=1S/C34H36Cl2N6OS/c35-28-7-4-8-30(21-28)41-17-19-42(20-18-41)32-22-31(36)38-34(39-32)44-24-26-9-11-27(12-10-26)33(43)37-29-13-15-40(16-14-29)23-25-5-2-1-3-6-25/h1-12,21-22,29H,13-20,23-24H2,(H,37,43). The molecule has 1 aromatic heterocycles. The van der Waals surface area contributed by atoms with Crippen molar-refractivity contribution in [1.29, 1.82) is 0 Å². The molecule has 0 aliphatic carbocycles. The number of benzene rings is 3. The number of nitrogens with zero attached hydrogens (tertiary/aromatic N) is 5. The van der Waals surface area contributed by atoms with Gasteiger partial charge in [0.15, 0.2) is 5.16 Å². The molecular formula is C34H36Cl2N6OS. The Hall–Kier alpha value is -3.30. The van der Waals surface area contributed by atoms with Gasteiger partial charge in [0.25, 0.3) is 5.91 Å². The van der Waals surface area contributed by atoms with E-state index in [2.05, 4.69) is 55.3 Å². The average Bonchev–Trinajstić information content (AvgIpc) is 3.05. The number of likely N-dealkylation sites (tertiary alicyclic amines) is 1. The van der Waals surface area contributed by atoms with Crippen molar-refractivity contribution in [2.24, 2.45) is 0 Å². The van der Waals surface area contributed by atoms with Gasteiger partial charge in [-0.15, -0.1) is 0 Å². The topological polar surface area (TPSA) is 64.6 Å². The molecule has 2 saturated heterocycles. The largest absolute Gasteiger partial charge is 0.368 e. The normalized spacial score (nSPS) is 16.2. The summed E-state index contributed by atoms with van der Waals surface area (Å²) in [5.41, 5.74) is 4.25. The third-order valence-corrected chi connectivity index (χ3v) is 9.54. The van der Waals surface area contributed by atoms with Crippen LogP contribution in [0.1, 0.15) is 34.3 Å². The van der Waals surface area contributed by atoms with Gasteiger partial charge < -0.3 is 15.1 Å². The lowest BCUT2D eigenvalue weighted by molar-refractivity contribution is 0.0909.